The lowest BCUT2D eigenvalue weighted by atomic mass is 10.0. The number of rotatable bonds is 5. The van der Waals surface area contributed by atoms with Crippen molar-refractivity contribution >= 4 is 16.9 Å². The van der Waals surface area contributed by atoms with E-state index in [4.69, 9.17) is 0 Å². The predicted octanol–water partition coefficient (Wildman–Crippen LogP) is 2.20. The molecule has 3 heterocycles. The Morgan fingerprint density at radius 3 is 2.79 bits per heavy atom. The van der Waals surface area contributed by atoms with Gasteiger partial charge in [0.05, 0.1) is 17.4 Å². The first-order valence-electron chi connectivity index (χ1n) is 10.1. The number of amides is 1. The average Bonchev–Trinajstić information content (AvgIpc) is 3.16. The highest BCUT2D eigenvalue weighted by Gasteiger charge is 2.23. The minimum absolute atomic E-state index is 0.151. The number of imidazole rings is 1. The second-order valence-corrected chi connectivity index (χ2v) is 7.72. The molecule has 0 aliphatic carbocycles. The Bertz CT molecular complexity index is 1080. The minimum Gasteiger partial charge on any atom is -0.340 e. The third-order valence-corrected chi connectivity index (χ3v) is 5.79. The number of fused-ring (bicyclic) bond motifs is 1. The maximum absolute atomic E-state index is 13.1. The summed E-state index contributed by atoms with van der Waals surface area (Å²) in [4.78, 5) is 32.3. The van der Waals surface area contributed by atoms with Crippen molar-refractivity contribution in [3.05, 3.63) is 64.3 Å². The van der Waals surface area contributed by atoms with E-state index in [-0.39, 0.29) is 23.1 Å². The molecule has 1 aromatic carbocycles. The molecule has 4 rings (SSSR count). The minimum atomic E-state index is -0.222. The first-order valence-corrected chi connectivity index (χ1v) is 10.1. The highest BCUT2D eigenvalue weighted by Crippen LogP contribution is 2.18. The normalized spacial score (nSPS) is 15.0. The molecule has 152 valence electrons. The molecule has 1 aliphatic rings. The van der Waals surface area contributed by atoms with Gasteiger partial charge in [0.25, 0.3) is 11.5 Å². The molecule has 1 amide bonds. The molecule has 3 aromatic rings. The van der Waals surface area contributed by atoms with E-state index < -0.39 is 0 Å². The van der Waals surface area contributed by atoms with Crippen LogP contribution in [-0.4, -0.2) is 51.6 Å². The fourth-order valence-corrected chi connectivity index (χ4v) is 4.01. The van der Waals surface area contributed by atoms with Gasteiger partial charge in [0, 0.05) is 32.4 Å². The van der Waals surface area contributed by atoms with E-state index in [1.54, 1.807) is 22.8 Å². The van der Waals surface area contributed by atoms with E-state index in [1.165, 1.54) is 0 Å². The van der Waals surface area contributed by atoms with Crippen molar-refractivity contribution in [2.45, 2.75) is 32.4 Å². The Labute approximate surface area is 170 Å². The summed E-state index contributed by atoms with van der Waals surface area (Å²) in [5, 5.41) is 3.32. The first-order chi connectivity index (χ1) is 14.1. The lowest BCUT2D eigenvalue weighted by molar-refractivity contribution is 0.0787. The number of aryl methyl sites for hydroxylation is 1. The number of aromatic nitrogens is 3. The quantitative estimate of drug-likeness (QED) is 0.721. The van der Waals surface area contributed by atoms with Gasteiger partial charge in [0.1, 0.15) is 5.56 Å². The SMILES string of the molecule is Cc1ccn(C2CCNCC2)c(=O)c1C(=O)N(C)CCn1cnc2ccccc21. The number of hydrogen-bond donors (Lipinski definition) is 1. The van der Waals surface area contributed by atoms with Crippen LogP contribution in [0.15, 0.2) is 47.7 Å². The number of carbonyl (C=O) groups excluding carboxylic acids is 1. The van der Waals surface area contributed by atoms with Crippen LogP contribution in [-0.2, 0) is 6.54 Å². The van der Waals surface area contributed by atoms with Gasteiger partial charge in [-0.15, -0.1) is 0 Å². The van der Waals surface area contributed by atoms with Crippen LogP contribution < -0.4 is 10.9 Å². The van der Waals surface area contributed by atoms with Gasteiger partial charge < -0.3 is 19.4 Å². The summed E-state index contributed by atoms with van der Waals surface area (Å²) in [6.07, 6.45) is 5.43. The Balaban J connectivity index is 1.53. The third kappa shape index (κ3) is 3.82. The van der Waals surface area contributed by atoms with Gasteiger partial charge in [0.2, 0.25) is 0 Å². The summed E-state index contributed by atoms with van der Waals surface area (Å²) in [5.41, 5.74) is 2.80. The molecule has 0 unspecified atom stereocenters. The number of para-hydroxylation sites is 2. The van der Waals surface area contributed by atoms with Crippen molar-refractivity contribution in [1.29, 1.82) is 0 Å². The first kappa shape index (κ1) is 19.4. The van der Waals surface area contributed by atoms with Gasteiger partial charge in [-0.25, -0.2) is 4.98 Å². The smallest absolute Gasteiger partial charge is 0.263 e. The topological polar surface area (TPSA) is 72.2 Å². The van der Waals surface area contributed by atoms with Crippen LogP contribution in [0.25, 0.3) is 11.0 Å². The van der Waals surface area contributed by atoms with E-state index in [0.717, 1.165) is 42.5 Å². The molecule has 1 N–H and O–H groups in total. The van der Waals surface area contributed by atoms with Crippen molar-refractivity contribution in [2.75, 3.05) is 26.7 Å². The van der Waals surface area contributed by atoms with Crippen molar-refractivity contribution in [2.24, 2.45) is 0 Å². The van der Waals surface area contributed by atoms with E-state index in [0.29, 0.717) is 13.1 Å². The van der Waals surface area contributed by atoms with Gasteiger partial charge in [-0.05, 0) is 56.6 Å². The maximum Gasteiger partial charge on any atom is 0.263 e. The van der Waals surface area contributed by atoms with Crippen LogP contribution in [0.3, 0.4) is 0 Å². The highest BCUT2D eigenvalue weighted by atomic mass is 16.2. The zero-order valence-corrected chi connectivity index (χ0v) is 17.0. The standard InChI is InChI=1S/C22H27N5O2/c1-16-9-12-27(17-7-10-23-11-8-17)22(29)20(16)21(28)25(2)13-14-26-15-24-18-5-3-4-6-19(18)26/h3-6,9,12,15,17,23H,7-8,10-11,13-14H2,1-2H3. The van der Waals surface area contributed by atoms with Crippen LogP contribution >= 0.6 is 0 Å². The third-order valence-electron chi connectivity index (χ3n) is 5.79. The lowest BCUT2D eigenvalue weighted by Gasteiger charge is -2.26. The number of pyridine rings is 1. The number of piperidine rings is 1. The van der Waals surface area contributed by atoms with Crippen LogP contribution in [0.1, 0.15) is 34.8 Å². The monoisotopic (exact) mass is 393 g/mol. The predicted molar refractivity (Wildman–Crippen MR) is 113 cm³/mol. The molecule has 1 saturated heterocycles. The molecule has 29 heavy (non-hydrogen) atoms. The molecule has 0 spiro atoms. The van der Waals surface area contributed by atoms with E-state index >= 15 is 0 Å². The number of nitrogens with zero attached hydrogens (tertiary/aromatic N) is 4. The second kappa shape index (κ2) is 8.21. The maximum atomic E-state index is 13.1. The van der Waals surface area contributed by atoms with E-state index in [2.05, 4.69) is 10.3 Å². The second-order valence-electron chi connectivity index (χ2n) is 7.72. The van der Waals surface area contributed by atoms with Crippen molar-refractivity contribution < 1.29 is 4.79 Å². The highest BCUT2D eigenvalue weighted by molar-refractivity contribution is 5.95. The molecule has 0 radical (unpaired) electrons. The molecule has 1 aliphatic heterocycles. The molecule has 0 atom stereocenters. The number of nitrogens with one attached hydrogen (secondary N) is 1. The van der Waals surface area contributed by atoms with Gasteiger partial charge in [0.15, 0.2) is 0 Å². The van der Waals surface area contributed by atoms with E-state index in [9.17, 15) is 9.59 Å². The fraction of sp³-hybridized carbons (Fsp3) is 0.409. The fourth-order valence-electron chi connectivity index (χ4n) is 4.01. The van der Waals surface area contributed by atoms with Crippen molar-refractivity contribution in [1.82, 2.24) is 24.3 Å². The Hall–Kier alpha value is -2.93. The number of benzene rings is 1. The molecule has 7 heteroatoms. The van der Waals surface area contributed by atoms with Gasteiger partial charge in [-0.3, -0.25) is 9.59 Å². The number of carbonyl (C=O) groups is 1. The lowest BCUT2D eigenvalue weighted by Crippen LogP contribution is -2.39. The molecular formula is C22H27N5O2. The van der Waals surface area contributed by atoms with Crippen LogP contribution in [0.5, 0.6) is 0 Å². The van der Waals surface area contributed by atoms with Crippen LogP contribution in [0, 0.1) is 6.92 Å². The Morgan fingerprint density at radius 2 is 2.00 bits per heavy atom. The zero-order valence-electron chi connectivity index (χ0n) is 17.0. The summed E-state index contributed by atoms with van der Waals surface area (Å²) >= 11 is 0. The molecule has 0 bridgehead atoms. The summed E-state index contributed by atoms with van der Waals surface area (Å²) in [6.45, 7) is 4.75. The van der Waals surface area contributed by atoms with Gasteiger partial charge in [-0.2, -0.15) is 0 Å². The molecule has 2 aromatic heterocycles. The molecule has 7 nitrogen and oxygen atoms in total. The summed E-state index contributed by atoms with van der Waals surface area (Å²) in [5.74, 6) is -0.222. The Kier molecular flexibility index (Phi) is 5.49. The number of hydrogen-bond acceptors (Lipinski definition) is 4. The van der Waals surface area contributed by atoms with Crippen molar-refractivity contribution in [3.63, 3.8) is 0 Å². The average molecular weight is 393 g/mol. The van der Waals surface area contributed by atoms with Crippen molar-refractivity contribution in [3.8, 4) is 0 Å². The molecule has 0 saturated carbocycles. The Morgan fingerprint density at radius 1 is 1.24 bits per heavy atom. The number of likely N-dealkylation sites (N-methyl/N-ethyl adjacent to an activating group) is 1. The van der Waals surface area contributed by atoms with Crippen LogP contribution in [0.4, 0.5) is 0 Å². The molecule has 1 fully saturated rings. The van der Waals surface area contributed by atoms with E-state index in [1.807, 2.05) is 48.0 Å². The van der Waals surface area contributed by atoms with Gasteiger partial charge in [-0.1, -0.05) is 12.1 Å². The van der Waals surface area contributed by atoms with Gasteiger partial charge >= 0.3 is 0 Å². The summed E-state index contributed by atoms with van der Waals surface area (Å²) < 4.78 is 3.78. The molecular weight excluding hydrogens is 366 g/mol. The zero-order chi connectivity index (χ0) is 20.4. The summed E-state index contributed by atoms with van der Waals surface area (Å²) in [6, 6.07) is 9.96. The van der Waals surface area contributed by atoms with Crippen LogP contribution in [0.2, 0.25) is 0 Å². The summed E-state index contributed by atoms with van der Waals surface area (Å²) in [7, 11) is 1.75. The largest absolute Gasteiger partial charge is 0.340 e.